The van der Waals surface area contributed by atoms with Crippen molar-refractivity contribution in [3.05, 3.63) is 66.1 Å². The Hall–Kier alpha value is -2.91. The lowest BCUT2D eigenvalue weighted by Crippen LogP contribution is -2.50. The zero-order valence-corrected chi connectivity index (χ0v) is 19.5. The maximum absolute atomic E-state index is 13.2. The molecule has 3 aromatic rings. The van der Waals surface area contributed by atoms with Crippen molar-refractivity contribution in [2.45, 2.75) is 31.1 Å². The van der Waals surface area contributed by atoms with Crippen LogP contribution in [0.15, 0.2) is 59.9 Å². The van der Waals surface area contributed by atoms with Crippen LogP contribution in [-0.2, 0) is 17.1 Å². The molecule has 1 amide bonds. The summed E-state index contributed by atoms with van der Waals surface area (Å²) in [5.41, 5.74) is 1.64. The highest BCUT2D eigenvalue weighted by molar-refractivity contribution is 7.89. The van der Waals surface area contributed by atoms with E-state index in [1.165, 1.54) is 4.31 Å². The number of aryl methyl sites for hydroxylation is 1. The molecule has 1 aromatic carbocycles. The molecule has 1 aliphatic heterocycles. The van der Waals surface area contributed by atoms with Crippen LogP contribution in [0.4, 0.5) is 0 Å². The summed E-state index contributed by atoms with van der Waals surface area (Å²) in [6.07, 6.45) is 6.31. The van der Waals surface area contributed by atoms with Gasteiger partial charge < -0.3 is 9.47 Å². The summed E-state index contributed by atoms with van der Waals surface area (Å²) in [7, 11) is -1.79. The van der Waals surface area contributed by atoms with Gasteiger partial charge in [-0.3, -0.25) is 9.48 Å². The average molecular weight is 456 g/mol. The zero-order chi connectivity index (χ0) is 22.9. The molecule has 2 aromatic heterocycles. The van der Waals surface area contributed by atoms with Crippen LogP contribution >= 0.6 is 0 Å². The fourth-order valence-electron chi connectivity index (χ4n) is 4.02. The highest BCUT2D eigenvalue weighted by Crippen LogP contribution is 2.24. The molecule has 0 aliphatic carbocycles. The van der Waals surface area contributed by atoms with Crippen molar-refractivity contribution >= 4 is 15.9 Å². The Kier molecular flexibility index (Phi) is 6.21. The average Bonchev–Trinajstić information content (AvgIpc) is 3.47. The largest absolute Gasteiger partial charge is 0.336 e. The van der Waals surface area contributed by atoms with E-state index in [1.807, 2.05) is 41.2 Å². The number of carbonyl (C=O) groups is 1. The van der Waals surface area contributed by atoms with Gasteiger partial charge in [-0.1, -0.05) is 26.0 Å². The number of amides is 1. The lowest BCUT2D eigenvalue weighted by Gasteiger charge is -2.34. The van der Waals surface area contributed by atoms with Crippen molar-refractivity contribution < 1.29 is 13.2 Å². The molecule has 32 heavy (non-hydrogen) atoms. The van der Waals surface area contributed by atoms with Crippen LogP contribution in [0.3, 0.4) is 0 Å². The van der Waals surface area contributed by atoms with Crippen LogP contribution in [-0.4, -0.2) is 64.1 Å². The normalized spacial score (nSPS) is 16.3. The number of sulfonamides is 1. The fourth-order valence-corrected chi connectivity index (χ4v) is 5.44. The van der Waals surface area contributed by atoms with E-state index >= 15 is 0 Å². The van der Waals surface area contributed by atoms with Gasteiger partial charge >= 0.3 is 0 Å². The Bertz CT molecular complexity index is 1170. The standard InChI is InChI=1S/C23H29N5O3S/c1-4-18(2)19-7-9-20(10-8-19)32(30,31)28-15-13-27(14-16-28)23(29)21-17-24-25(3)22(21)26-11-5-6-12-26/h5-12,17-18H,4,13-16H2,1-3H3. The Balaban J connectivity index is 1.46. The number of hydrogen-bond donors (Lipinski definition) is 0. The Morgan fingerprint density at radius 3 is 2.28 bits per heavy atom. The van der Waals surface area contributed by atoms with Gasteiger partial charge in [-0.25, -0.2) is 8.42 Å². The number of hydrogen-bond acceptors (Lipinski definition) is 4. The van der Waals surface area contributed by atoms with E-state index in [0.717, 1.165) is 12.0 Å². The van der Waals surface area contributed by atoms with Crippen LogP contribution in [0.2, 0.25) is 0 Å². The highest BCUT2D eigenvalue weighted by Gasteiger charge is 2.32. The summed E-state index contributed by atoms with van der Waals surface area (Å²) in [6, 6.07) is 10.9. The first-order chi connectivity index (χ1) is 15.3. The second-order valence-corrected chi connectivity index (χ2v) is 10.1. The molecule has 0 saturated carbocycles. The number of aromatic nitrogens is 3. The quantitative estimate of drug-likeness (QED) is 0.572. The van der Waals surface area contributed by atoms with Crippen LogP contribution in [0.1, 0.15) is 42.1 Å². The van der Waals surface area contributed by atoms with E-state index in [4.69, 9.17) is 0 Å². The summed E-state index contributed by atoms with van der Waals surface area (Å²) < 4.78 is 31.2. The summed E-state index contributed by atoms with van der Waals surface area (Å²) in [6.45, 7) is 5.44. The molecule has 1 aliphatic rings. The molecule has 1 saturated heterocycles. The van der Waals surface area contributed by atoms with E-state index in [9.17, 15) is 13.2 Å². The molecule has 9 heteroatoms. The topological polar surface area (TPSA) is 80.4 Å². The predicted octanol–water partition coefficient (Wildman–Crippen LogP) is 2.87. The summed E-state index contributed by atoms with van der Waals surface area (Å²) >= 11 is 0. The third-order valence-electron chi connectivity index (χ3n) is 6.21. The molecule has 1 atom stereocenters. The molecule has 1 fully saturated rings. The van der Waals surface area contributed by atoms with E-state index < -0.39 is 10.0 Å². The number of carbonyl (C=O) groups excluding carboxylic acids is 1. The molecule has 4 rings (SSSR count). The number of piperazine rings is 1. The minimum Gasteiger partial charge on any atom is -0.336 e. The number of nitrogens with zero attached hydrogens (tertiary/aromatic N) is 5. The maximum atomic E-state index is 13.2. The minimum absolute atomic E-state index is 0.142. The minimum atomic E-state index is -3.59. The Morgan fingerprint density at radius 1 is 1.06 bits per heavy atom. The molecule has 0 radical (unpaired) electrons. The lowest BCUT2D eigenvalue weighted by atomic mass is 9.99. The van der Waals surface area contributed by atoms with Crippen molar-refractivity contribution in [1.82, 2.24) is 23.6 Å². The van der Waals surface area contributed by atoms with Gasteiger partial charge in [-0.05, 0) is 42.2 Å². The number of rotatable bonds is 6. The SMILES string of the molecule is CCC(C)c1ccc(S(=O)(=O)N2CCN(C(=O)c3cnn(C)c3-n3cccc3)CC2)cc1. The van der Waals surface area contributed by atoms with Gasteiger partial charge in [-0.15, -0.1) is 0 Å². The number of benzene rings is 1. The summed E-state index contributed by atoms with van der Waals surface area (Å²) in [4.78, 5) is 15.2. The molecular formula is C23H29N5O3S. The fraction of sp³-hybridized carbons (Fsp3) is 0.391. The van der Waals surface area contributed by atoms with Gasteiger partial charge in [0.05, 0.1) is 11.1 Å². The zero-order valence-electron chi connectivity index (χ0n) is 18.7. The van der Waals surface area contributed by atoms with E-state index in [1.54, 1.807) is 35.0 Å². The van der Waals surface area contributed by atoms with E-state index in [2.05, 4.69) is 18.9 Å². The molecule has 0 spiro atoms. The molecule has 8 nitrogen and oxygen atoms in total. The van der Waals surface area contributed by atoms with Crippen LogP contribution < -0.4 is 0 Å². The molecule has 0 N–H and O–H groups in total. The Labute approximate surface area is 189 Å². The van der Waals surface area contributed by atoms with Crippen LogP contribution in [0, 0.1) is 0 Å². The molecule has 3 heterocycles. The second kappa shape index (κ2) is 8.91. The first-order valence-corrected chi connectivity index (χ1v) is 12.3. The molecular weight excluding hydrogens is 426 g/mol. The molecule has 170 valence electrons. The van der Waals surface area contributed by atoms with Crippen LogP contribution in [0.25, 0.3) is 5.82 Å². The van der Waals surface area contributed by atoms with Crippen molar-refractivity contribution in [2.24, 2.45) is 7.05 Å². The van der Waals surface area contributed by atoms with Crippen molar-refractivity contribution in [1.29, 1.82) is 0 Å². The third-order valence-corrected chi connectivity index (χ3v) is 8.12. The summed E-state index contributed by atoms with van der Waals surface area (Å²) in [5.74, 6) is 0.943. The van der Waals surface area contributed by atoms with E-state index in [0.29, 0.717) is 35.3 Å². The van der Waals surface area contributed by atoms with Gasteiger partial charge in [0, 0.05) is 45.6 Å². The van der Waals surface area contributed by atoms with Gasteiger partial charge in [-0.2, -0.15) is 9.40 Å². The van der Waals surface area contributed by atoms with Crippen LogP contribution in [0.5, 0.6) is 0 Å². The molecule has 0 bridgehead atoms. The molecule has 1 unspecified atom stereocenters. The predicted molar refractivity (Wildman–Crippen MR) is 122 cm³/mol. The van der Waals surface area contributed by atoms with Crippen molar-refractivity contribution in [3.8, 4) is 5.82 Å². The van der Waals surface area contributed by atoms with Gasteiger partial charge in [0.15, 0.2) is 0 Å². The maximum Gasteiger partial charge on any atom is 0.259 e. The summed E-state index contributed by atoms with van der Waals surface area (Å²) in [5, 5.41) is 4.25. The smallest absolute Gasteiger partial charge is 0.259 e. The van der Waals surface area contributed by atoms with Crippen molar-refractivity contribution in [3.63, 3.8) is 0 Å². The third kappa shape index (κ3) is 4.10. The van der Waals surface area contributed by atoms with Gasteiger partial charge in [0.25, 0.3) is 5.91 Å². The highest BCUT2D eigenvalue weighted by atomic mass is 32.2. The monoisotopic (exact) mass is 455 g/mol. The van der Waals surface area contributed by atoms with Gasteiger partial charge in [0.2, 0.25) is 10.0 Å². The lowest BCUT2D eigenvalue weighted by molar-refractivity contribution is 0.0698. The first-order valence-electron chi connectivity index (χ1n) is 10.9. The van der Waals surface area contributed by atoms with Crippen molar-refractivity contribution in [2.75, 3.05) is 26.2 Å². The van der Waals surface area contributed by atoms with E-state index in [-0.39, 0.29) is 19.0 Å². The Morgan fingerprint density at radius 2 is 1.69 bits per heavy atom. The first kappa shape index (κ1) is 22.3. The van der Waals surface area contributed by atoms with Gasteiger partial charge in [0.1, 0.15) is 11.4 Å². The second-order valence-electron chi connectivity index (χ2n) is 8.17.